The lowest BCUT2D eigenvalue weighted by molar-refractivity contribution is -0.139. The quantitative estimate of drug-likeness (QED) is 0.290. The Morgan fingerprint density at radius 2 is 1.66 bits per heavy atom. The summed E-state index contributed by atoms with van der Waals surface area (Å²) >= 11 is 6.29. The Morgan fingerprint density at radius 3 is 2.24 bits per heavy atom. The molecule has 1 N–H and O–H groups in total. The Balaban J connectivity index is 2.08. The van der Waals surface area contributed by atoms with Crippen molar-refractivity contribution in [3.8, 4) is 5.75 Å². The molecule has 2 amide bonds. The van der Waals surface area contributed by atoms with Crippen LogP contribution >= 0.6 is 11.6 Å². The smallest absolute Gasteiger partial charge is 0.264 e. The SMILES string of the molecule is CCC(C(=O)NC(C)C)N(CCc1ccccc1)C(=O)CN(c1cc(Cl)ccc1OC)S(=O)(=O)c1ccc(C)cc1. The van der Waals surface area contributed by atoms with E-state index in [4.69, 9.17) is 16.3 Å². The molecular formula is C31H38ClN3O5S. The van der Waals surface area contributed by atoms with Gasteiger partial charge in [0.05, 0.1) is 17.7 Å². The van der Waals surface area contributed by atoms with Crippen LogP contribution in [0.2, 0.25) is 5.02 Å². The van der Waals surface area contributed by atoms with Gasteiger partial charge in [-0.25, -0.2) is 8.42 Å². The van der Waals surface area contributed by atoms with E-state index in [2.05, 4.69) is 5.32 Å². The number of benzene rings is 3. The first kappa shape index (κ1) is 32.0. The van der Waals surface area contributed by atoms with Crippen molar-refractivity contribution in [2.24, 2.45) is 0 Å². The lowest BCUT2D eigenvalue weighted by Crippen LogP contribution is -2.54. The van der Waals surface area contributed by atoms with Crippen molar-refractivity contribution >= 4 is 39.1 Å². The number of ether oxygens (including phenoxy) is 1. The maximum atomic E-state index is 14.1. The first-order chi connectivity index (χ1) is 19.5. The number of methoxy groups -OCH3 is 1. The van der Waals surface area contributed by atoms with Crippen LogP contribution in [0, 0.1) is 6.92 Å². The summed E-state index contributed by atoms with van der Waals surface area (Å²) in [5.74, 6) is -0.583. The lowest BCUT2D eigenvalue weighted by atomic mass is 10.1. The first-order valence-electron chi connectivity index (χ1n) is 13.5. The fourth-order valence-electron chi connectivity index (χ4n) is 4.49. The summed E-state index contributed by atoms with van der Waals surface area (Å²) in [6.07, 6.45) is 0.841. The van der Waals surface area contributed by atoms with E-state index in [0.717, 1.165) is 15.4 Å². The van der Waals surface area contributed by atoms with Gasteiger partial charge in [0.25, 0.3) is 10.0 Å². The first-order valence-corrected chi connectivity index (χ1v) is 15.4. The van der Waals surface area contributed by atoms with Gasteiger partial charge in [-0.2, -0.15) is 0 Å². The number of halogens is 1. The number of anilines is 1. The number of nitrogens with zero attached hydrogens (tertiary/aromatic N) is 2. The van der Waals surface area contributed by atoms with E-state index >= 15 is 0 Å². The van der Waals surface area contributed by atoms with Crippen LogP contribution in [0.25, 0.3) is 0 Å². The van der Waals surface area contributed by atoms with Crippen molar-refractivity contribution in [2.45, 2.75) is 57.5 Å². The molecule has 0 saturated carbocycles. The molecule has 8 nitrogen and oxygen atoms in total. The second kappa shape index (κ2) is 14.4. The highest BCUT2D eigenvalue weighted by Crippen LogP contribution is 2.35. The van der Waals surface area contributed by atoms with Crippen molar-refractivity contribution in [3.05, 3.63) is 88.9 Å². The number of rotatable bonds is 13. The summed E-state index contributed by atoms with van der Waals surface area (Å²) < 4.78 is 34.6. The zero-order chi connectivity index (χ0) is 30.2. The van der Waals surface area contributed by atoms with Crippen molar-refractivity contribution in [1.82, 2.24) is 10.2 Å². The molecule has 0 fully saturated rings. The number of aryl methyl sites for hydroxylation is 1. The molecule has 0 spiro atoms. The van der Waals surface area contributed by atoms with Crippen molar-refractivity contribution in [1.29, 1.82) is 0 Å². The van der Waals surface area contributed by atoms with Crippen LogP contribution in [0.4, 0.5) is 5.69 Å². The molecule has 3 aromatic rings. The van der Waals surface area contributed by atoms with E-state index in [0.29, 0.717) is 12.8 Å². The molecular weight excluding hydrogens is 562 g/mol. The monoisotopic (exact) mass is 599 g/mol. The molecule has 0 saturated heterocycles. The Kier molecular flexibility index (Phi) is 11.2. The topological polar surface area (TPSA) is 96.0 Å². The van der Waals surface area contributed by atoms with Gasteiger partial charge >= 0.3 is 0 Å². The average Bonchev–Trinajstić information content (AvgIpc) is 2.94. The number of sulfonamides is 1. The predicted octanol–water partition coefficient (Wildman–Crippen LogP) is 5.23. The summed E-state index contributed by atoms with van der Waals surface area (Å²) in [7, 11) is -2.82. The molecule has 0 aliphatic rings. The fraction of sp³-hybridized carbons (Fsp3) is 0.355. The molecule has 0 radical (unpaired) electrons. The number of carbonyl (C=O) groups excluding carboxylic acids is 2. The van der Waals surface area contributed by atoms with Gasteiger partial charge in [0.15, 0.2) is 0 Å². The second-order valence-electron chi connectivity index (χ2n) is 10.1. The maximum Gasteiger partial charge on any atom is 0.264 e. The fourth-order valence-corrected chi connectivity index (χ4v) is 6.07. The van der Waals surface area contributed by atoms with Crippen molar-refractivity contribution in [2.75, 3.05) is 24.5 Å². The summed E-state index contributed by atoms with van der Waals surface area (Å²) in [6.45, 7) is 7.04. The molecule has 220 valence electrons. The van der Waals surface area contributed by atoms with Gasteiger partial charge in [-0.15, -0.1) is 0 Å². The Morgan fingerprint density at radius 1 is 1.00 bits per heavy atom. The highest BCUT2D eigenvalue weighted by atomic mass is 35.5. The number of carbonyl (C=O) groups is 2. The van der Waals surface area contributed by atoms with Crippen LogP contribution in [0.1, 0.15) is 38.3 Å². The standard InChI is InChI=1S/C31H38ClN3O5S/c1-6-27(31(37)33-22(2)3)34(19-18-24-10-8-7-9-11-24)30(36)21-35(28-20-25(32)14-17-29(28)40-5)41(38,39)26-15-12-23(4)13-16-26/h7-17,20,22,27H,6,18-19,21H2,1-5H3,(H,33,37). The van der Waals surface area contributed by atoms with Gasteiger partial charge < -0.3 is 15.0 Å². The molecule has 0 bridgehead atoms. The summed E-state index contributed by atoms with van der Waals surface area (Å²) in [6, 6.07) is 19.7. The molecule has 0 aromatic heterocycles. The lowest BCUT2D eigenvalue weighted by Gasteiger charge is -2.34. The molecule has 1 atom stereocenters. The molecule has 10 heteroatoms. The van der Waals surface area contributed by atoms with Crippen LogP contribution in [-0.4, -0.2) is 57.4 Å². The average molecular weight is 600 g/mol. The van der Waals surface area contributed by atoms with Gasteiger partial charge in [-0.05, 0) is 69.5 Å². The van der Waals surface area contributed by atoms with Crippen molar-refractivity contribution in [3.63, 3.8) is 0 Å². The minimum atomic E-state index is -4.24. The van der Waals surface area contributed by atoms with Crippen LogP contribution in [0.5, 0.6) is 5.75 Å². The van der Waals surface area contributed by atoms with E-state index in [9.17, 15) is 18.0 Å². The summed E-state index contributed by atoms with van der Waals surface area (Å²) in [5.41, 5.74) is 2.00. The highest BCUT2D eigenvalue weighted by Gasteiger charge is 2.34. The molecule has 3 rings (SSSR count). The third kappa shape index (κ3) is 8.24. The maximum absolute atomic E-state index is 14.1. The molecule has 1 unspecified atom stereocenters. The Bertz CT molecular complexity index is 1430. The van der Waals surface area contributed by atoms with Gasteiger partial charge in [0.2, 0.25) is 11.8 Å². The third-order valence-electron chi connectivity index (χ3n) is 6.60. The predicted molar refractivity (Wildman–Crippen MR) is 163 cm³/mol. The van der Waals surface area contributed by atoms with Gasteiger partial charge in [0, 0.05) is 17.6 Å². The third-order valence-corrected chi connectivity index (χ3v) is 8.61. The summed E-state index contributed by atoms with van der Waals surface area (Å²) in [4.78, 5) is 28.8. The Hall–Kier alpha value is -3.56. The van der Waals surface area contributed by atoms with Crippen LogP contribution in [0.15, 0.2) is 77.7 Å². The molecule has 0 aliphatic carbocycles. The second-order valence-corrected chi connectivity index (χ2v) is 12.3. The molecule has 3 aromatic carbocycles. The zero-order valence-corrected chi connectivity index (χ0v) is 25.7. The normalized spacial score (nSPS) is 12.1. The van der Waals surface area contributed by atoms with Gasteiger partial charge in [0.1, 0.15) is 18.3 Å². The van der Waals surface area contributed by atoms with E-state index in [-0.39, 0.29) is 39.8 Å². The number of hydrogen-bond donors (Lipinski definition) is 1. The zero-order valence-electron chi connectivity index (χ0n) is 24.1. The minimum absolute atomic E-state index is 0.0124. The van der Waals surface area contributed by atoms with E-state index in [1.807, 2.05) is 58.0 Å². The van der Waals surface area contributed by atoms with E-state index in [1.54, 1.807) is 24.3 Å². The van der Waals surface area contributed by atoms with Crippen molar-refractivity contribution < 1.29 is 22.7 Å². The van der Waals surface area contributed by atoms with E-state index < -0.39 is 28.5 Å². The van der Waals surface area contributed by atoms with Gasteiger partial charge in [-0.3, -0.25) is 13.9 Å². The van der Waals surface area contributed by atoms with Crippen LogP contribution in [-0.2, 0) is 26.0 Å². The number of nitrogens with one attached hydrogen (secondary N) is 1. The number of hydrogen-bond acceptors (Lipinski definition) is 5. The molecule has 41 heavy (non-hydrogen) atoms. The molecule has 0 aliphatic heterocycles. The minimum Gasteiger partial charge on any atom is -0.495 e. The molecule has 0 heterocycles. The summed E-state index contributed by atoms with van der Waals surface area (Å²) in [5, 5.41) is 3.18. The van der Waals surface area contributed by atoms with Crippen LogP contribution in [0.3, 0.4) is 0 Å². The number of amides is 2. The Labute approximate surface area is 248 Å². The van der Waals surface area contributed by atoms with E-state index in [1.165, 1.54) is 30.2 Å². The van der Waals surface area contributed by atoms with Crippen LogP contribution < -0.4 is 14.4 Å². The van der Waals surface area contributed by atoms with Gasteiger partial charge in [-0.1, -0.05) is 66.6 Å². The highest BCUT2D eigenvalue weighted by molar-refractivity contribution is 7.92. The largest absolute Gasteiger partial charge is 0.495 e.